The Bertz CT molecular complexity index is 2070. The Morgan fingerprint density at radius 2 is 1.78 bits per heavy atom. The van der Waals surface area contributed by atoms with Crippen molar-refractivity contribution in [1.82, 2.24) is 29.0 Å². The van der Waals surface area contributed by atoms with Crippen molar-refractivity contribution in [3.8, 4) is 22.5 Å². The molecule has 1 saturated heterocycles. The second-order valence-corrected chi connectivity index (χ2v) is 14.3. The van der Waals surface area contributed by atoms with Crippen molar-refractivity contribution in [1.29, 1.82) is 0 Å². The Hall–Kier alpha value is -4.87. The number of nitrogens with zero attached hydrogens (tertiary/aromatic N) is 6. The van der Waals surface area contributed by atoms with Crippen LogP contribution in [-0.2, 0) is 21.0 Å². The molecule has 0 spiro atoms. The van der Waals surface area contributed by atoms with E-state index in [0.29, 0.717) is 59.6 Å². The summed E-state index contributed by atoms with van der Waals surface area (Å²) in [5.74, 6) is -0.989. The molecule has 49 heavy (non-hydrogen) atoms. The highest BCUT2D eigenvalue weighted by molar-refractivity contribution is 5.86. The highest BCUT2D eigenvalue weighted by atomic mass is 19.1. The maximum Gasteiger partial charge on any atom is 0.411 e. The highest BCUT2D eigenvalue weighted by Crippen LogP contribution is 2.45. The number of fused-ring (bicyclic) bond motifs is 2. The van der Waals surface area contributed by atoms with Crippen LogP contribution >= 0.6 is 0 Å². The zero-order chi connectivity index (χ0) is 34.6. The van der Waals surface area contributed by atoms with E-state index in [1.54, 1.807) is 29.3 Å². The van der Waals surface area contributed by atoms with Gasteiger partial charge in [0.05, 0.1) is 46.3 Å². The van der Waals surface area contributed by atoms with Gasteiger partial charge in [0.15, 0.2) is 12.4 Å². The molecular weight excluding hydrogens is 630 g/mol. The molecule has 0 atom stereocenters. The zero-order valence-corrected chi connectivity index (χ0v) is 28.4. The Kier molecular flexibility index (Phi) is 8.36. The van der Waals surface area contributed by atoms with Crippen LogP contribution < -0.4 is 0 Å². The van der Waals surface area contributed by atoms with Crippen molar-refractivity contribution in [2.24, 2.45) is 5.92 Å². The number of imidazole rings is 1. The molecule has 1 aliphatic carbocycles. The fourth-order valence-electron chi connectivity index (χ4n) is 6.47. The second kappa shape index (κ2) is 12.5. The smallest absolute Gasteiger partial charge is 0.411 e. The number of rotatable bonds is 7. The summed E-state index contributed by atoms with van der Waals surface area (Å²) in [7, 11) is 0. The van der Waals surface area contributed by atoms with E-state index in [1.165, 1.54) is 16.9 Å². The van der Waals surface area contributed by atoms with Crippen molar-refractivity contribution in [3.05, 3.63) is 71.8 Å². The minimum atomic E-state index is -0.559. The molecule has 2 fully saturated rings. The third-order valence-corrected chi connectivity index (χ3v) is 9.23. The lowest BCUT2D eigenvalue weighted by Crippen LogP contribution is -2.42. The third-order valence-electron chi connectivity index (χ3n) is 9.23. The van der Waals surface area contributed by atoms with Gasteiger partial charge in [0.2, 0.25) is 0 Å². The van der Waals surface area contributed by atoms with E-state index in [4.69, 9.17) is 14.5 Å². The molecule has 1 saturated carbocycles. The number of halogens is 2. The van der Waals surface area contributed by atoms with Gasteiger partial charge in [-0.25, -0.2) is 23.2 Å². The number of piperidine rings is 1. The molecule has 4 heterocycles. The molecule has 2 aromatic carbocycles. The maximum atomic E-state index is 16.4. The number of amides is 1. The number of carbonyl (C=O) groups excluding carboxylic acids is 2. The summed E-state index contributed by atoms with van der Waals surface area (Å²) in [6, 6.07) is 8.45. The van der Waals surface area contributed by atoms with Crippen LogP contribution in [-0.4, -0.2) is 59.8 Å². The number of ether oxygens (including phenoxy) is 2. The number of hydrogen-bond acceptors (Lipinski definition) is 7. The lowest BCUT2D eigenvalue weighted by molar-refractivity contribution is -0.161. The minimum Gasteiger partial charge on any atom is -0.460 e. The fourth-order valence-corrected chi connectivity index (χ4v) is 6.47. The summed E-state index contributed by atoms with van der Waals surface area (Å²) >= 11 is 0. The van der Waals surface area contributed by atoms with E-state index in [-0.39, 0.29) is 41.7 Å². The largest absolute Gasteiger partial charge is 0.460 e. The summed E-state index contributed by atoms with van der Waals surface area (Å²) in [5.41, 5.74) is 4.36. The Balaban J connectivity index is 1.12. The molecule has 12 heteroatoms. The summed E-state index contributed by atoms with van der Waals surface area (Å²) in [4.78, 5) is 36.4. The van der Waals surface area contributed by atoms with Crippen LogP contribution in [0.5, 0.6) is 0 Å². The lowest BCUT2D eigenvalue weighted by atomic mass is 9.97. The number of benzene rings is 2. The molecule has 2 aliphatic rings. The second-order valence-electron chi connectivity index (χ2n) is 14.3. The molecule has 5 aromatic rings. The Morgan fingerprint density at radius 1 is 1.02 bits per heavy atom. The molecule has 0 bridgehead atoms. The number of hydrogen-bond donors (Lipinski definition) is 0. The van der Waals surface area contributed by atoms with Crippen LogP contribution in [0.4, 0.5) is 13.6 Å². The van der Waals surface area contributed by atoms with Crippen LogP contribution in [0.15, 0.2) is 48.9 Å². The van der Waals surface area contributed by atoms with Gasteiger partial charge in [-0.05, 0) is 88.3 Å². The Morgan fingerprint density at radius 3 is 2.47 bits per heavy atom. The summed E-state index contributed by atoms with van der Waals surface area (Å²) in [6.45, 7) is 9.94. The summed E-state index contributed by atoms with van der Waals surface area (Å²) in [6.07, 6.45) is 7.36. The van der Waals surface area contributed by atoms with Crippen molar-refractivity contribution >= 4 is 28.6 Å². The first-order valence-electron chi connectivity index (χ1n) is 16.8. The SMILES string of the molecule is CC(C)c1cc(-c2cn3c(-c4ccc5c(cnn5COC(=O)N5CCC(C(=O)OC(C)(C)C)CC5)c4F)c(C4CC4)nc3cn2)ccc1F. The van der Waals surface area contributed by atoms with Crippen LogP contribution in [0, 0.1) is 17.6 Å². The lowest BCUT2D eigenvalue weighted by Gasteiger charge is -2.31. The summed E-state index contributed by atoms with van der Waals surface area (Å²) in [5, 5.41) is 4.63. The monoisotopic (exact) mass is 670 g/mol. The molecular formula is C37H40F2N6O4. The predicted octanol–water partition coefficient (Wildman–Crippen LogP) is 7.84. The number of likely N-dealkylation sites (tertiary alicyclic amines) is 1. The molecule has 10 nitrogen and oxygen atoms in total. The molecule has 0 unspecified atom stereocenters. The van der Waals surface area contributed by atoms with Gasteiger partial charge in [0.25, 0.3) is 0 Å². The molecule has 7 rings (SSSR count). The molecule has 0 N–H and O–H groups in total. The van der Waals surface area contributed by atoms with E-state index in [9.17, 15) is 14.0 Å². The van der Waals surface area contributed by atoms with Gasteiger partial charge >= 0.3 is 12.1 Å². The van der Waals surface area contributed by atoms with Crippen molar-refractivity contribution < 1.29 is 27.8 Å². The van der Waals surface area contributed by atoms with Crippen LogP contribution in [0.1, 0.15) is 83.4 Å². The van der Waals surface area contributed by atoms with Crippen LogP contribution in [0.25, 0.3) is 39.1 Å². The molecule has 1 aliphatic heterocycles. The van der Waals surface area contributed by atoms with Crippen molar-refractivity contribution in [2.75, 3.05) is 13.1 Å². The topological polar surface area (TPSA) is 104 Å². The van der Waals surface area contributed by atoms with Gasteiger partial charge in [-0.3, -0.25) is 14.2 Å². The normalized spacial score (nSPS) is 15.8. The van der Waals surface area contributed by atoms with E-state index in [0.717, 1.165) is 24.1 Å². The van der Waals surface area contributed by atoms with Gasteiger partial charge in [-0.1, -0.05) is 13.8 Å². The van der Waals surface area contributed by atoms with E-state index in [1.807, 2.05) is 51.3 Å². The van der Waals surface area contributed by atoms with Gasteiger partial charge in [0, 0.05) is 36.3 Å². The standard InChI is InChI=1S/C37H40F2N6O4/c1-21(2)26-16-24(8-10-28(26)38)29-19-44-31(18-40-29)42-33(22-6-7-22)34(44)25-9-11-30-27(32(25)39)17-41-45(30)20-48-36(47)43-14-12-23(13-15-43)35(46)49-37(3,4)5/h8-11,16-19,21-23H,6-7,12-15,20H2,1-5H3. The van der Waals surface area contributed by atoms with Gasteiger partial charge in [-0.15, -0.1) is 0 Å². The van der Waals surface area contributed by atoms with E-state index >= 15 is 4.39 Å². The number of esters is 1. The first-order valence-corrected chi connectivity index (χ1v) is 16.8. The molecule has 0 radical (unpaired) electrons. The van der Waals surface area contributed by atoms with Crippen molar-refractivity contribution in [2.45, 2.75) is 84.5 Å². The fraction of sp³-hybridized carbons (Fsp3) is 0.432. The maximum absolute atomic E-state index is 16.4. The highest BCUT2D eigenvalue weighted by Gasteiger charge is 2.33. The summed E-state index contributed by atoms with van der Waals surface area (Å²) < 4.78 is 45.3. The van der Waals surface area contributed by atoms with Crippen LogP contribution in [0.3, 0.4) is 0 Å². The average Bonchev–Trinajstić information content (AvgIpc) is 3.72. The average molecular weight is 671 g/mol. The minimum absolute atomic E-state index is 0.00237. The predicted molar refractivity (Wildman–Crippen MR) is 180 cm³/mol. The van der Waals surface area contributed by atoms with Gasteiger partial charge in [-0.2, -0.15) is 5.10 Å². The van der Waals surface area contributed by atoms with Gasteiger partial charge < -0.3 is 14.4 Å². The van der Waals surface area contributed by atoms with E-state index in [2.05, 4.69) is 10.1 Å². The van der Waals surface area contributed by atoms with Crippen molar-refractivity contribution in [3.63, 3.8) is 0 Å². The zero-order valence-electron chi connectivity index (χ0n) is 28.4. The van der Waals surface area contributed by atoms with E-state index < -0.39 is 17.5 Å². The molecule has 256 valence electrons. The van der Waals surface area contributed by atoms with Crippen LogP contribution in [0.2, 0.25) is 0 Å². The first kappa shape index (κ1) is 32.7. The quantitative estimate of drug-likeness (QED) is 0.163. The van der Waals surface area contributed by atoms with Gasteiger partial charge in [0.1, 0.15) is 17.2 Å². The Labute approximate surface area is 283 Å². The number of carbonyl (C=O) groups is 2. The molecule has 3 aromatic heterocycles. The first-order chi connectivity index (χ1) is 23.4. The molecule has 1 amide bonds. The third kappa shape index (κ3) is 6.48. The number of aromatic nitrogens is 5.